The lowest BCUT2D eigenvalue weighted by atomic mass is 9.94. The second-order valence-corrected chi connectivity index (χ2v) is 6.75. The van der Waals surface area contributed by atoms with Crippen molar-refractivity contribution in [2.75, 3.05) is 18.1 Å². The Bertz CT molecular complexity index is 334. The maximum absolute atomic E-state index is 11.9. The summed E-state index contributed by atoms with van der Waals surface area (Å²) >= 11 is 0. The van der Waals surface area contributed by atoms with E-state index in [-0.39, 0.29) is 23.7 Å². The summed E-state index contributed by atoms with van der Waals surface area (Å²) < 4.78 is 28.0. The molecule has 0 radical (unpaired) electrons. The Hall–Kier alpha value is -0.420. The van der Waals surface area contributed by atoms with E-state index in [0.717, 1.165) is 0 Å². The zero-order valence-corrected chi connectivity index (χ0v) is 12.1. The molecule has 0 aromatic carbocycles. The Morgan fingerprint density at radius 2 is 1.82 bits per heavy atom. The van der Waals surface area contributed by atoms with Gasteiger partial charge in [-0.25, -0.2) is 8.42 Å². The van der Waals surface area contributed by atoms with E-state index in [2.05, 4.69) is 0 Å². The van der Waals surface area contributed by atoms with Crippen molar-refractivity contribution in [1.29, 1.82) is 0 Å². The Morgan fingerprint density at radius 1 is 1.24 bits per heavy atom. The van der Waals surface area contributed by atoms with Gasteiger partial charge in [-0.15, -0.1) is 0 Å². The minimum Gasteiger partial charge on any atom is -0.368 e. The predicted octanol–water partition coefficient (Wildman–Crippen LogP) is 1.98. The molecule has 0 amide bonds. The highest BCUT2D eigenvalue weighted by Gasteiger charge is 2.30. The van der Waals surface area contributed by atoms with Gasteiger partial charge >= 0.3 is 0 Å². The molecular formula is C12H24O4S. The Labute approximate surface area is 105 Å². The SMILES string of the molecule is CCOC(C)(CC)C(=O)CCCS(=O)(=O)CC. The van der Waals surface area contributed by atoms with Crippen LogP contribution in [0.25, 0.3) is 0 Å². The molecule has 0 rings (SSSR count). The van der Waals surface area contributed by atoms with Crippen molar-refractivity contribution in [3.05, 3.63) is 0 Å². The van der Waals surface area contributed by atoms with Gasteiger partial charge in [0.15, 0.2) is 5.78 Å². The lowest BCUT2D eigenvalue weighted by Gasteiger charge is -2.26. The number of carbonyl (C=O) groups excluding carboxylic acids is 1. The fourth-order valence-corrected chi connectivity index (χ4v) is 2.43. The summed E-state index contributed by atoms with van der Waals surface area (Å²) in [7, 11) is -2.97. The van der Waals surface area contributed by atoms with E-state index in [1.807, 2.05) is 13.8 Å². The minimum absolute atomic E-state index is 0.00634. The quantitative estimate of drug-likeness (QED) is 0.639. The highest BCUT2D eigenvalue weighted by Crippen LogP contribution is 2.19. The van der Waals surface area contributed by atoms with E-state index in [1.54, 1.807) is 13.8 Å². The summed E-state index contributed by atoms with van der Waals surface area (Å²) in [5, 5.41) is 0. The van der Waals surface area contributed by atoms with E-state index < -0.39 is 15.4 Å². The summed E-state index contributed by atoms with van der Waals surface area (Å²) in [6.45, 7) is 7.63. The van der Waals surface area contributed by atoms with Gasteiger partial charge in [-0.05, 0) is 26.7 Å². The molecule has 5 heteroatoms. The van der Waals surface area contributed by atoms with Crippen LogP contribution in [0.2, 0.25) is 0 Å². The molecule has 0 aliphatic rings. The van der Waals surface area contributed by atoms with Gasteiger partial charge in [0, 0.05) is 18.8 Å². The topological polar surface area (TPSA) is 60.4 Å². The third-order valence-corrected chi connectivity index (χ3v) is 4.82. The predicted molar refractivity (Wildman–Crippen MR) is 68.9 cm³/mol. The van der Waals surface area contributed by atoms with Crippen molar-refractivity contribution in [2.45, 2.75) is 52.6 Å². The number of carbonyl (C=O) groups is 1. The van der Waals surface area contributed by atoms with Gasteiger partial charge < -0.3 is 4.74 Å². The van der Waals surface area contributed by atoms with E-state index in [1.165, 1.54) is 0 Å². The molecule has 0 aromatic heterocycles. The number of hydrogen-bond donors (Lipinski definition) is 0. The van der Waals surface area contributed by atoms with Gasteiger partial charge in [-0.1, -0.05) is 13.8 Å². The van der Waals surface area contributed by atoms with Crippen LogP contribution < -0.4 is 0 Å². The number of ketones is 1. The molecule has 0 spiro atoms. The molecule has 0 aliphatic heterocycles. The van der Waals surface area contributed by atoms with Crippen LogP contribution in [-0.4, -0.2) is 37.9 Å². The van der Waals surface area contributed by atoms with Gasteiger partial charge in [0.05, 0.1) is 5.75 Å². The second-order valence-electron chi connectivity index (χ2n) is 4.28. The van der Waals surface area contributed by atoms with Crippen molar-refractivity contribution in [2.24, 2.45) is 0 Å². The molecule has 102 valence electrons. The van der Waals surface area contributed by atoms with E-state index in [9.17, 15) is 13.2 Å². The molecule has 0 N–H and O–H groups in total. The van der Waals surface area contributed by atoms with Crippen molar-refractivity contribution in [3.8, 4) is 0 Å². The van der Waals surface area contributed by atoms with Crippen molar-refractivity contribution in [1.82, 2.24) is 0 Å². The number of ether oxygens (including phenoxy) is 1. The van der Waals surface area contributed by atoms with E-state index >= 15 is 0 Å². The average molecular weight is 264 g/mol. The van der Waals surface area contributed by atoms with Crippen LogP contribution in [0.1, 0.15) is 47.0 Å². The first-order valence-electron chi connectivity index (χ1n) is 6.19. The van der Waals surface area contributed by atoms with E-state index in [4.69, 9.17) is 4.74 Å². The summed E-state index contributed by atoms with van der Waals surface area (Å²) in [6, 6.07) is 0. The van der Waals surface area contributed by atoms with Crippen molar-refractivity contribution >= 4 is 15.6 Å². The highest BCUT2D eigenvalue weighted by molar-refractivity contribution is 7.91. The van der Waals surface area contributed by atoms with Gasteiger partial charge in [-0.2, -0.15) is 0 Å². The summed E-state index contributed by atoms with van der Waals surface area (Å²) in [5.41, 5.74) is -0.759. The van der Waals surface area contributed by atoms with Gasteiger partial charge in [0.1, 0.15) is 15.4 Å². The van der Waals surface area contributed by atoms with Gasteiger partial charge in [-0.3, -0.25) is 4.79 Å². The lowest BCUT2D eigenvalue weighted by Crippen LogP contribution is -2.38. The van der Waals surface area contributed by atoms with Crippen LogP contribution >= 0.6 is 0 Å². The Balaban J connectivity index is 4.26. The maximum atomic E-state index is 11.9. The molecule has 0 aliphatic carbocycles. The molecule has 17 heavy (non-hydrogen) atoms. The second kappa shape index (κ2) is 7.11. The van der Waals surface area contributed by atoms with Crippen LogP contribution in [-0.2, 0) is 19.4 Å². The van der Waals surface area contributed by atoms with Crippen molar-refractivity contribution < 1.29 is 17.9 Å². The van der Waals surface area contributed by atoms with Crippen molar-refractivity contribution in [3.63, 3.8) is 0 Å². The normalized spacial score (nSPS) is 15.5. The smallest absolute Gasteiger partial charge is 0.164 e. The molecule has 4 nitrogen and oxygen atoms in total. The molecule has 0 fully saturated rings. The third-order valence-electron chi connectivity index (χ3n) is 3.03. The summed E-state index contributed by atoms with van der Waals surface area (Å²) in [4.78, 5) is 11.9. The fraction of sp³-hybridized carbons (Fsp3) is 0.917. The van der Waals surface area contributed by atoms with E-state index in [0.29, 0.717) is 19.4 Å². The summed E-state index contributed by atoms with van der Waals surface area (Å²) in [6.07, 6.45) is 1.27. The van der Waals surface area contributed by atoms with Crippen LogP contribution in [0.3, 0.4) is 0 Å². The van der Waals surface area contributed by atoms with Crippen LogP contribution in [0.5, 0.6) is 0 Å². The van der Waals surface area contributed by atoms with Crippen LogP contribution in [0, 0.1) is 0 Å². The third kappa shape index (κ3) is 5.64. The van der Waals surface area contributed by atoms with Crippen LogP contribution in [0.4, 0.5) is 0 Å². The highest BCUT2D eigenvalue weighted by atomic mass is 32.2. The first-order valence-corrected chi connectivity index (χ1v) is 8.01. The number of Topliss-reactive ketones (excluding diaryl/α,β-unsaturated/α-hetero) is 1. The largest absolute Gasteiger partial charge is 0.368 e. The number of sulfone groups is 1. The number of rotatable bonds is 9. The summed E-state index contributed by atoms with van der Waals surface area (Å²) in [5.74, 6) is 0.215. The molecule has 0 saturated heterocycles. The maximum Gasteiger partial charge on any atom is 0.164 e. The fourth-order valence-electron chi connectivity index (χ4n) is 1.56. The monoisotopic (exact) mass is 264 g/mol. The molecule has 1 unspecified atom stereocenters. The molecular weight excluding hydrogens is 240 g/mol. The molecule has 0 heterocycles. The van der Waals surface area contributed by atoms with Gasteiger partial charge in [0.25, 0.3) is 0 Å². The van der Waals surface area contributed by atoms with Crippen LogP contribution in [0.15, 0.2) is 0 Å². The molecule has 0 saturated carbocycles. The standard InChI is InChI=1S/C12H24O4S/c1-5-12(4,16-6-2)11(13)9-8-10-17(14,15)7-3/h5-10H2,1-4H3. The Morgan fingerprint density at radius 3 is 2.24 bits per heavy atom. The minimum atomic E-state index is -2.97. The molecule has 0 bridgehead atoms. The zero-order valence-electron chi connectivity index (χ0n) is 11.3. The first kappa shape index (κ1) is 16.6. The first-order chi connectivity index (χ1) is 7.81. The molecule has 0 aromatic rings. The number of hydrogen-bond acceptors (Lipinski definition) is 4. The Kier molecular flexibility index (Phi) is 6.94. The van der Waals surface area contributed by atoms with Gasteiger partial charge in [0.2, 0.25) is 0 Å². The zero-order chi connectivity index (χ0) is 13.5. The lowest BCUT2D eigenvalue weighted by molar-refractivity contribution is -0.142. The molecule has 1 atom stereocenters. The average Bonchev–Trinajstić information content (AvgIpc) is 2.28.